The molecule has 0 heterocycles. The Morgan fingerprint density at radius 1 is 1.11 bits per heavy atom. The standard InChI is InChI=1S/C14H27N3O/c1-10(15)14(18)17(11-8-9-11)13-7-5-4-6-12(13)16(2)3/h10-13H,4-9,15H2,1-3H3/t10?,12?,13-/m0/s1. The fourth-order valence-electron chi connectivity index (χ4n) is 3.22. The molecule has 2 saturated carbocycles. The molecule has 2 aliphatic carbocycles. The van der Waals surface area contributed by atoms with Gasteiger partial charge in [0.25, 0.3) is 0 Å². The van der Waals surface area contributed by atoms with E-state index in [1.165, 1.54) is 19.3 Å². The molecule has 0 aromatic rings. The Morgan fingerprint density at radius 3 is 2.11 bits per heavy atom. The largest absolute Gasteiger partial charge is 0.334 e. The van der Waals surface area contributed by atoms with Gasteiger partial charge in [-0.2, -0.15) is 0 Å². The minimum atomic E-state index is -0.365. The second kappa shape index (κ2) is 5.57. The van der Waals surface area contributed by atoms with Crippen LogP contribution < -0.4 is 5.73 Å². The van der Waals surface area contributed by atoms with Crippen molar-refractivity contribution in [3.63, 3.8) is 0 Å². The van der Waals surface area contributed by atoms with Crippen LogP contribution in [0.4, 0.5) is 0 Å². The van der Waals surface area contributed by atoms with Crippen molar-refractivity contribution >= 4 is 5.91 Å². The number of hydrogen-bond donors (Lipinski definition) is 1. The highest BCUT2D eigenvalue weighted by molar-refractivity contribution is 5.82. The molecule has 0 bridgehead atoms. The Hall–Kier alpha value is -0.610. The van der Waals surface area contributed by atoms with E-state index in [9.17, 15) is 4.79 Å². The lowest BCUT2D eigenvalue weighted by atomic mass is 9.88. The molecule has 2 N–H and O–H groups in total. The van der Waals surface area contributed by atoms with Crippen LogP contribution >= 0.6 is 0 Å². The van der Waals surface area contributed by atoms with E-state index in [0.29, 0.717) is 18.1 Å². The summed E-state index contributed by atoms with van der Waals surface area (Å²) in [6, 6.07) is 0.978. The number of likely N-dealkylation sites (N-methyl/N-ethyl adjacent to an activating group) is 1. The first-order valence-corrected chi connectivity index (χ1v) is 7.26. The van der Waals surface area contributed by atoms with Crippen molar-refractivity contribution in [3.05, 3.63) is 0 Å². The highest BCUT2D eigenvalue weighted by Crippen LogP contribution is 2.35. The monoisotopic (exact) mass is 253 g/mol. The number of hydrogen-bond acceptors (Lipinski definition) is 3. The number of nitrogens with two attached hydrogens (primary N) is 1. The second-order valence-corrected chi connectivity index (χ2v) is 6.15. The quantitative estimate of drug-likeness (QED) is 0.819. The van der Waals surface area contributed by atoms with Crippen molar-refractivity contribution in [2.75, 3.05) is 14.1 Å². The summed E-state index contributed by atoms with van der Waals surface area (Å²) in [6.45, 7) is 1.81. The zero-order chi connectivity index (χ0) is 13.3. The number of nitrogens with zero attached hydrogens (tertiary/aromatic N) is 2. The topological polar surface area (TPSA) is 49.6 Å². The van der Waals surface area contributed by atoms with Gasteiger partial charge in [-0.05, 0) is 46.7 Å². The summed E-state index contributed by atoms with van der Waals surface area (Å²) in [5, 5.41) is 0. The first kappa shape index (κ1) is 13.8. The third kappa shape index (κ3) is 2.86. The summed E-state index contributed by atoms with van der Waals surface area (Å²) in [4.78, 5) is 16.8. The number of rotatable bonds is 4. The van der Waals surface area contributed by atoms with Crippen LogP contribution in [-0.4, -0.2) is 54.0 Å². The lowest BCUT2D eigenvalue weighted by molar-refractivity contribution is -0.137. The molecule has 104 valence electrons. The van der Waals surface area contributed by atoms with Gasteiger partial charge >= 0.3 is 0 Å². The van der Waals surface area contributed by atoms with Gasteiger partial charge < -0.3 is 15.5 Å². The first-order valence-electron chi connectivity index (χ1n) is 7.26. The van der Waals surface area contributed by atoms with E-state index in [1.807, 2.05) is 6.92 Å². The van der Waals surface area contributed by atoms with Crippen LogP contribution in [0.25, 0.3) is 0 Å². The Labute approximate surface area is 110 Å². The molecule has 2 unspecified atom stereocenters. The summed E-state index contributed by atoms with van der Waals surface area (Å²) >= 11 is 0. The summed E-state index contributed by atoms with van der Waals surface area (Å²) in [5.74, 6) is 0.149. The van der Waals surface area contributed by atoms with Crippen LogP contribution in [-0.2, 0) is 4.79 Å². The highest BCUT2D eigenvalue weighted by Gasteiger charge is 2.42. The third-order valence-corrected chi connectivity index (χ3v) is 4.30. The maximum absolute atomic E-state index is 12.4. The van der Waals surface area contributed by atoms with Crippen molar-refractivity contribution in [2.45, 2.75) is 69.6 Å². The molecular weight excluding hydrogens is 226 g/mol. The van der Waals surface area contributed by atoms with Crippen LogP contribution in [0.5, 0.6) is 0 Å². The SMILES string of the molecule is CC(N)C(=O)N(C1CC1)[C@H]1CCCCC1N(C)C. The van der Waals surface area contributed by atoms with E-state index in [0.717, 1.165) is 19.3 Å². The molecule has 0 spiro atoms. The fourth-order valence-corrected chi connectivity index (χ4v) is 3.22. The Balaban J connectivity index is 2.15. The number of amides is 1. The van der Waals surface area contributed by atoms with Gasteiger partial charge in [-0.1, -0.05) is 12.8 Å². The molecule has 0 aromatic carbocycles. The lowest BCUT2D eigenvalue weighted by Crippen LogP contribution is -2.57. The molecule has 4 heteroatoms. The molecular formula is C14H27N3O. The summed E-state index contributed by atoms with van der Waals surface area (Å²) in [6.07, 6.45) is 7.18. The maximum Gasteiger partial charge on any atom is 0.239 e. The molecule has 2 rings (SSSR count). The minimum Gasteiger partial charge on any atom is -0.334 e. The highest BCUT2D eigenvalue weighted by atomic mass is 16.2. The number of carbonyl (C=O) groups is 1. The van der Waals surface area contributed by atoms with E-state index in [2.05, 4.69) is 23.9 Å². The smallest absolute Gasteiger partial charge is 0.239 e. The molecule has 1 amide bonds. The van der Waals surface area contributed by atoms with Crippen molar-refractivity contribution < 1.29 is 4.79 Å². The van der Waals surface area contributed by atoms with Crippen LogP contribution in [0.15, 0.2) is 0 Å². The first-order chi connectivity index (χ1) is 8.52. The van der Waals surface area contributed by atoms with Gasteiger partial charge in [-0.15, -0.1) is 0 Å². The van der Waals surface area contributed by atoms with Gasteiger partial charge in [0.1, 0.15) is 0 Å². The molecule has 18 heavy (non-hydrogen) atoms. The average Bonchev–Trinajstić information content (AvgIpc) is 3.14. The van der Waals surface area contributed by atoms with Gasteiger partial charge in [0.05, 0.1) is 6.04 Å². The molecule has 0 aliphatic heterocycles. The van der Waals surface area contributed by atoms with Crippen LogP contribution in [0.2, 0.25) is 0 Å². The van der Waals surface area contributed by atoms with E-state index in [4.69, 9.17) is 5.73 Å². The molecule has 3 atom stereocenters. The van der Waals surface area contributed by atoms with Crippen molar-refractivity contribution in [3.8, 4) is 0 Å². The maximum atomic E-state index is 12.4. The molecule has 0 aromatic heterocycles. The third-order valence-electron chi connectivity index (χ3n) is 4.30. The van der Waals surface area contributed by atoms with E-state index < -0.39 is 0 Å². The van der Waals surface area contributed by atoms with Gasteiger partial charge in [-0.3, -0.25) is 4.79 Å². The Morgan fingerprint density at radius 2 is 1.67 bits per heavy atom. The van der Waals surface area contributed by atoms with E-state index >= 15 is 0 Å². The molecule has 0 saturated heterocycles. The summed E-state index contributed by atoms with van der Waals surface area (Å²) in [7, 11) is 4.26. The predicted molar refractivity (Wildman–Crippen MR) is 73.2 cm³/mol. The summed E-state index contributed by atoms with van der Waals surface area (Å²) < 4.78 is 0. The van der Waals surface area contributed by atoms with E-state index in [1.54, 1.807) is 0 Å². The normalized spacial score (nSPS) is 30.3. The average molecular weight is 253 g/mol. The van der Waals surface area contributed by atoms with Crippen molar-refractivity contribution in [2.24, 2.45) is 5.73 Å². The minimum absolute atomic E-state index is 0.149. The molecule has 0 radical (unpaired) electrons. The second-order valence-electron chi connectivity index (χ2n) is 6.15. The summed E-state index contributed by atoms with van der Waals surface area (Å²) in [5.41, 5.74) is 5.83. The van der Waals surface area contributed by atoms with Crippen molar-refractivity contribution in [1.82, 2.24) is 9.80 Å². The molecule has 2 fully saturated rings. The van der Waals surface area contributed by atoms with Gasteiger partial charge in [0.2, 0.25) is 5.91 Å². The van der Waals surface area contributed by atoms with Crippen LogP contribution in [0.1, 0.15) is 45.4 Å². The van der Waals surface area contributed by atoms with E-state index in [-0.39, 0.29) is 11.9 Å². The fraction of sp³-hybridized carbons (Fsp3) is 0.929. The Kier molecular flexibility index (Phi) is 4.28. The van der Waals surface area contributed by atoms with Crippen LogP contribution in [0, 0.1) is 0 Å². The van der Waals surface area contributed by atoms with Gasteiger partial charge in [-0.25, -0.2) is 0 Å². The van der Waals surface area contributed by atoms with Gasteiger partial charge in [0.15, 0.2) is 0 Å². The predicted octanol–water partition coefficient (Wildman–Crippen LogP) is 1.20. The van der Waals surface area contributed by atoms with Crippen LogP contribution in [0.3, 0.4) is 0 Å². The Bertz CT molecular complexity index is 299. The molecule has 2 aliphatic rings. The lowest BCUT2D eigenvalue weighted by Gasteiger charge is -2.43. The zero-order valence-electron chi connectivity index (χ0n) is 11.9. The zero-order valence-corrected chi connectivity index (χ0v) is 11.9. The molecule has 4 nitrogen and oxygen atoms in total. The van der Waals surface area contributed by atoms with Gasteiger partial charge in [0, 0.05) is 18.1 Å². The van der Waals surface area contributed by atoms with Crippen molar-refractivity contribution in [1.29, 1.82) is 0 Å². The number of carbonyl (C=O) groups excluding carboxylic acids is 1.